The molecule has 2 aliphatic rings. The highest BCUT2D eigenvalue weighted by Crippen LogP contribution is 2.41. The first-order valence-corrected chi connectivity index (χ1v) is 10.7. The number of aromatic nitrogens is 2. The van der Waals surface area contributed by atoms with E-state index in [1.54, 1.807) is 36.5 Å². The van der Waals surface area contributed by atoms with Crippen LogP contribution in [-0.2, 0) is 15.3 Å². The number of amides is 2. The van der Waals surface area contributed by atoms with Gasteiger partial charge in [0.25, 0.3) is 5.91 Å². The number of nitrogens with zero attached hydrogens (tertiary/aromatic N) is 4. The van der Waals surface area contributed by atoms with Gasteiger partial charge in [-0.1, -0.05) is 11.8 Å². The Hall–Kier alpha value is -2.39. The minimum atomic E-state index is -0.445. The molecular formula is C20H24N4O4S. The monoisotopic (exact) mass is 416 g/mol. The highest BCUT2D eigenvalue weighted by molar-refractivity contribution is 7.98. The van der Waals surface area contributed by atoms with E-state index >= 15 is 0 Å². The van der Waals surface area contributed by atoms with Crippen molar-refractivity contribution in [3.05, 3.63) is 42.1 Å². The Morgan fingerprint density at radius 2 is 2.07 bits per heavy atom. The quantitative estimate of drug-likeness (QED) is 0.504. The Kier molecular flexibility index (Phi) is 5.86. The molecule has 2 aromatic heterocycles. The van der Waals surface area contributed by atoms with Gasteiger partial charge in [-0.2, -0.15) is 0 Å². The molecule has 29 heavy (non-hydrogen) atoms. The van der Waals surface area contributed by atoms with Crippen LogP contribution in [0.25, 0.3) is 0 Å². The molecule has 9 heteroatoms. The van der Waals surface area contributed by atoms with Gasteiger partial charge in [0, 0.05) is 45.7 Å². The number of thioether (sulfide) groups is 1. The number of carbonyl (C=O) groups is 2. The summed E-state index contributed by atoms with van der Waals surface area (Å²) in [4.78, 5) is 37.7. The number of hydrogen-bond acceptors (Lipinski definition) is 7. The lowest BCUT2D eigenvalue weighted by atomic mass is 9.85. The van der Waals surface area contributed by atoms with Crippen molar-refractivity contribution in [3.63, 3.8) is 0 Å². The van der Waals surface area contributed by atoms with Crippen LogP contribution in [0.15, 0.2) is 40.2 Å². The van der Waals surface area contributed by atoms with E-state index in [1.165, 1.54) is 11.8 Å². The molecule has 154 valence electrons. The largest absolute Gasteiger partial charge is 0.455 e. The van der Waals surface area contributed by atoms with Crippen LogP contribution in [0.3, 0.4) is 0 Å². The molecule has 4 heterocycles. The zero-order chi connectivity index (χ0) is 20.3. The third-order valence-corrected chi connectivity index (χ3v) is 6.46. The minimum Gasteiger partial charge on any atom is -0.455 e. The van der Waals surface area contributed by atoms with Gasteiger partial charge in [0.15, 0.2) is 10.9 Å². The zero-order valence-electron chi connectivity index (χ0n) is 16.4. The molecular weight excluding hydrogens is 392 g/mol. The van der Waals surface area contributed by atoms with Crippen LogP contribution in [0.1, 0.15) is 29.2 Å². The first-order valence-electron chi connectivity index (χ1n) is 9.67. The molecule has 0 bridgehead atoms. The van der Waals surface area contributed by atoms with E-state index in [4.69, 9.17) is 9.15 Å². The van der Waals surface area contributed by atoms with Gasteiger partial charge >= 0.3 is 0 Å². The molecule has 0 saturated carbocycles. The van der Waals surface area contributed by atoms with Crippen molar-refractivity contribution in [1.29, 1.82) is 0 Å². The maximum atomic E-state index is 12.9. The molecule has 1 atom stereocenters. The van der Waals surface area contributed by atoms with Crippen molar-refractivity contribution in [2.75, 3.05) is 39.9 Å². The molecule has 2 aromatic rings. The van der Waals surface area contributed by atoms with Crippen molar-refractivity contribution in [2.45, 2.75) is 23.8 Å². The molecule has 8 nitrogen and oxygen atoms in total. The number of ether oxygens (including phenoxy) is 1. The summed E-state index contributed by atoms with van der Waals surface area (Å²) in [5.74, 6) is 1.55. The lowest BCUT2D eigenvalue weighted by molar-refractivity contribution is -0.135. The van der Waals surface area contributed by atoms with Crippen molar-refractivity contribution in [3.8, 4) is 0 Å². The molecule has 2 saturated heterocycles. The lowest BCUT2D eigenvalue weighted by Gasteiger charge is -2.23. The number of rotatable bonds is 7. The third-order valence-electron chi connectivity index (χ3n) is 5.57. The fraction of sp³-hybridized carbons (Fsp3) is 0.500. The maximum absolute atomic E-state index is 12.9. The van der Waals surface area contributed by atoms with E-state index < -0.39 is 5.41 Å². The van der Waals surface area contributed by atoms with Crippen molar-refractivity contribution < 1.29 is 18.7 Å². The van der Waals surface area contributed by atoms with Crippen LogP contribution in [-0.4, -0.2) is 71.5 Å². The first-order chi connectivity index (χ1) is 14.1. The predicted molar refractivity (Wildman–Crippen MR) is 106 cm³/mol. The standard InChI is InChI=1S/C20H24N4O4S/c1-27-12-11-23-9-5-20(18(23)26)6-10-24(14-20)17(25)16-4-3-15(28-16)13-29-19-21-7-2-8-22-19/h2-4,7-8H,5-6,9-14H2,1H3. The Balaban J connectivity index is 1.35. The van der Waals surface area contributed by atoms with Crippen molar-refractivity contribution >= 4 is 23.6 Å². The second kappa shape index (κ2) is 8.54. The Morgan fingerprint density at radius 3 is 2.86 bits per heavy atom. The summed E-state index contributed by atoms with van der Waals surface area (Å²) < 4.78 is 10.8. The van der Waals surface area contributed by atoms with Crippen LogP contribution in [0.5, 0.6) is 0 Å². The average Bonchev–Trinajstić information content (AvgIpc) is 3.47. The minimum absolute atomic E-state index is 0.143. The average molecular weight is 417 g/mol. The van der Waals surface area contributed by atoms with E-state index in [9.17, 15) is 9.59 Å². The van der Waals surface area contributed by atoms with E-state index in [1.807, 2.05) is 11.0 Å². The summed E-state index contributed by atoms with van der Waals surface area (Å²) >= 11 is 1.45. The summed E-state index contributed by atoms with van der Waals surface area (Å²) in [5.41, 5.74) is -0.445. The second-order valence-electron chi connectivity index (χ2n) is 7.38. The summed E-state index contributed by atoms with van der Waals surface area (Å²) in [6.07, 6.45) is 4.87. The number of likely N-dealkylation sites (tertiary alicyclic amines) is 2. The van der Waals surface area contributed by atoms with Gasteiger partial charge in [0.05, 0.1) is 17.8 Å². The van der Waals surface area contributed by atoms with Crippen LogP contribution < -0.4 is 0 Å². The van der Waals surface area contributed by atoms with Gasteiger partial charge in [-0.15, -0.1) is 0 Å². The number of hydrogen-bond donors (Lipinski definition) is 0. The Labute approximate surface area is 173 Å². The number of methoxy groups -OCH3 is 1. The van der Waals surface area contributed by atoms with Gasteiger partial charge in [-0.3, -0.25) is 9.59 Å². The molecule has 0 radical (unpaired) electrons. The molecule has 0 aromatic carbocycles. The molecule has 1 unspecified atom stereocenters. The Bertz CT molecular complexity index is 874. The van der Waals surface area contributed by atoms with E-state index in [-0.39, 0.29) is 11.8 Å². The van der Waals surface area contributed by atoms with Crippen LogP contribution in [0, 0.1) is 5.41 Å². The number of carbonyl (C=O) groups excluding carboxylic acids is 2. The van der Waals surface area contributed by atoms with Gasteiger partial charge in [-0.25, -0.2) is 9.97 Å². The lowest BCUT2D eigenvalue weighted by Crippen LogP contribution is -2.39. The molecule has 1 spiro atoms. The van der Waals surface area contributed by atoms with Gasteiger partial charge < -0.3 is 19.0 Å². The fourth-order valence-corrected chi connectivity index (χ4v) is 4.65. The highest BCUT2D eigenvalue weighted by Gasteiger charge is 2.51. The third kappa shape index (κ3) is 4.16. The van der Waals surface area contributed by atoms with E-state index in [0.29, 0.717) is 55.1 Å². The SMILES string of the molecule is COCCN1CCC2(CCN(C(=O)c3ccc(CSc4ncccn4)o3)C2)C1=O. The zero-order valence-corrected chi connectivity index (χ0v) is 17.2. The predicted octanol–water partition coefficient (Wildman–Crippen LogP) is 2.07. The van der Waals surface area contributed by atoms with E-state index in [2.05, 4.69) is 9.97 Å². The van der Waals surface area contributed by atoms with Crippen molar-refractivity contribution in [1.82, 2.24) is 19.8 Å². The van der Waals surface area contributed by atoms with Gasteiger partial charge in [-0.05, 0) is 31.0 Å². The smallest absolute Gasteiger partial charge is 0.289 e. The summed E-state index contributed by atoms with van der Waals surface area (Å²) in [6.45, 7) is 2.90. The molecule has 4 rings (SSSR count). The Morgan fingerprint density at radius 1 is 1.28 bits per heavy atom. The van der Waals surface area contributed by atoms with Crippen LogP contribution in [0.4, 0.5) is 0 Å². The maximum Gasteiger partial charge on any atom is 0.289 e. The van der Waals surface area contributed by atoms with Crippen LogP contribution >= 0.6 is 11.8 Å². The summed E-state index contributed by atoms with van der Waals surface area (Å²) in [6, 6.07) is 5.28. The van der Waals surface area contributed by atoms with Crippen molar-refractivity contribution in [2.24, 2.45) is 5.41 Å². The molecule has 2 amide bonds. The van der Waals surface area contributed by atoms with E-state index in [0.717, 1.165) is 13.0 Å². The molecule has 0 N–H and O–H groups in total. The normalized spacial score (nSPS) is 21.5. The first kappa shape index (κ1) is 19.9. The summed E-state index contributed by atoms with van der Waals surface area (Å²) in [7, 11) is 1.63. The topological polar surface area (TPSA) is 88.8 Å². The fourth-order valence-electron chi connectivity index (χ4n) is 3.95. The van der Waals surface area contributed by atoms with Gasteiger partial charge in [0.1, 0.15) is 5.76 Å². The molecule has 2 aliphatic heterocycles. The van der Waals surface area contributed by atoms with Crippen LogP contribution in [0.2, 0.25) is 0 Å². The second-order valence-corrected chi connectivity index (χ2v) is 8.32. The molecule has 2 fully saturated rings. The molecule has 0 aliphatic carbocycles. The summed E-state index contributed by atoms with van der Waals surface area (Å²) in [5, 5.41) is 0.663. The van der Waals surface area contributed by atoms with Gasteiger partial charge in [0.2, 0.25) is 5.91 Å². The highest BCUT2D eigenvalue weighted by atomic mass is 32.2. The number of furan rings is 1.